The fraction of sp³-hybridized carbons (Fsp3) is 0.250. The first-order valence-electron chi connectivity index (χ1n) is 3.56. The minimum absolute atomic E-state index is 0.472. The molecule has 1 aliphatic heterocycles. The van der Waals surface area contributed by atoms with Crippen molar-refractivity contribution >= 4 is 0 Å². The number of fused-ring (bicyclic) bond motifs is 1. The summed E-state index contributed by atoms with van der Waals surface area (Å²) >= 11 is 0. The molecule has 2 heterocycles. The number of hydrogen-bond donors (Lipinski definition) is 0. The van der Waals surface area contributed by atoms with Gasteiger partial charge in [0.1, 0.15) is 19.3 Å². The van der Waals surface area contributed by atoms with Crippen molar-refractivity contribution < 1.29 is 9.47 Å². The van der Waals surface area contributed by atoms with Crippen LogP contribution in [-0.4, -0.2) is 18.2 Å². The van der Waals surface area contributed by atoms with Gasteiger partial charge in [-0.2, -0.15) is 5.26 Å². The lowest BCUT2D eigenvalue weighted by Gasteiger charge is -2.16. The number of aromatic nitrogens is 1. The molecule has 60 valence electrons. The summed E-state index contributed by atoms with van der Waals surface area (Å²) in [5.41, 5.74) is 0.485. The Hall–Kier alpha value is -1.76. The predicted molar refractivity (Wildman–Crippen MR) is 39.9 cm³/mol. The maximum absolute atomic E-state index is 8.55. The topological polar surface area (TPSA) is 55.1 Å². The van der Waals surface area contributed by atoms with Crippen LogP contribution in [0.25, 0.3) is 0 Å². The molecule has 0 N–H and O–H groups in total. The van der Waals surface area contributed by atoms with Crippen molar-refractivity contribution in [3.8, 4) is 17.7 Å². The van der Waals surface area contributed by atoms with E-state index in [0.29, 0.717) is 30.4 Å². The van der Waals surface area contributed by atoms with E-state index >= 15 is 0 Å². The highest BCUT2D eigenvalue weighted by molar-refractivity contribution is 5.41. The van der Waals surface area contributed by atoms with Gasteiger partial charge in [-0.1, -0.05) is 0 Å². The van der Waals surface area contributed by atoms with Gasteiger partial charge in [0.2, 0.25) is 0 Å². The first-order valence-corrected chi connectivity index (χ1v) is 3.56. The highest BCUT2D eigenvalue weighted by atomic mass is 16.6. The molecule has 0 aliphatic carbocycles. The molecular weight excluding hydrogens is 156 g/mol. The van der Waals surface area contributed by atoms with Gasteiger partial charge >= 0.3 is 0 Å². The SMILES string of the molecule is N#Cc1cnc2c(c1)OCCO2. The molecule has 0 radical (unpaired) electrons. The van der Waals surface area contributed by atoms with Crippen LogP contribution in [0, 0.1) is 11.3 Å². The minimum atomic E-state index is 0.472. The van der Waals surface area contributed by atoms with Crippen LogP contribution in [0.1, 0.15) is 5.56 Å². The largest absolute Gasteiger partial charge is 0.484 e. The van der Waals surface area contributed by atoms with Crippen LogP contribution in [0.5, 0.6) is 11.6 Å². The molecule has 0 atom stereocenters. The smallest absolute Gasteiger partial charge is 0.257 e. The van der Waals surface area contributed by atoms with Gasteiger partial charge in [-0.15, -0.1) is 0 Å². The zero-order chi connectivity index (χ0) is 8.39. The highest BCUT2D eigenvalue weighted by Crippen LogP contribution is 2.27. The van der Waals surface area contributed by atoms with Crippen molar-refractivity contribution in [3.05, 3.63) is 17.8 Å². The third-order valence-electron chi connectivity index (χ3n) is 1.53. The van der Waals surface area contributed by atoms with Gasteiger partial charge in [-0.3, -0.25) is 0 Å². The van der Waals surface area contributed by atoms with Gasteiger partial charge in [0.05, 0.1) is 5.56 Å². The van der Waals surface area contributed by atoms with Gasteiger partial charge in [-0.25, -0.2) is 4.98 Å². The van der Waals surface area contributed by atoms with E-state index in [9.17, 15) is 0 Å². The second kappa shape index (κ2) is 2.70. The lowest BCUT2D eigenvalue weighted by molar-refractivity contribution is 0.164. The van der Waals surface area contributed by atoms with Crippen molar-refractivity contribution in [2.75, 3.05) is 13.2 Å². The fourth-order valence-electron chi connectivity index (χ4n) is 0.995. The van der Waals surface area contributed by atoms with E-state index in [1.807, 2.05) is 6.07 Å². The van der Waals surface area contributed by atoms with Crippen LogP contribution in [0.15, 0.2) is 12.3 Å². The monoisotopic (exact) mass is 162 g/mol. The van der Waals surface area contributed by atoms with Crippen LogP contribution < -0.4 is 9.47 Å². The van der Waals surface area contributed by atoms with Crippen molar-refractivity contribution in [2.24, 2.45) is 0 Å². The Morgan fingerprint density at radius 1 is 1.42 bits per heavy atom. The Morgan fingerprint density at radius 3 is 3.08 bits per heavy atom. The summed E-state index contributed by atoms with van der Waals surface area (Å²) in [6, 6.07) is 3.61. The van der Waals surface area contributed by atoms with Crippen molar-refractivity contribution in [3.63, 3.8) is 0 Å². The average molecular weight is 162 g/mol. The number of ether oxygens (including phenoxy) is 2. The van der Waals surface area contributed by atoms with Gasteiger partial charge in [-0.05, 0) is 0 Å². The molecule has 0 bridgehead atoms. The van der Waals surface area contributed by atoms with E-state index in [4.69, 9.17) is 14.7 Å². The lowest BCUT2D eigenvalue weighted by atomic mass is 10.3. The summed E-state index contributed by atoms with van der Waals surface area (Å²) in [7, 11) is 0. The summed E-state index contributed by atoms with van der Waals surface area (Å²) in [5, 5.41) is 8.55. The van der Waals surface area contributed by atoms with Crippen LogP contribution in [0.3, 0.4) is 0 Å². The number of pyridine rings is 1. The molecule has 1 aliphatic rings. The molecule has 1 aromatic heterocycles. The maximum Gasteiger partial charge on any atom is 0.257 e. The van der Waals surface area contributed by atoms with E-state index in [2.05, 4.69) is 4.98 Å². The van der Waals surface area contributed by atoms with E-state index in [1.165, 1.54) is 6.20 Å². The number of nitriles is 1. The molecule has 2 rings (SSSR count). The molecule has 0 fully saturated rings. The normalized spacial score (nSPS) is 13.6. The quantitative estimate of drug-likeness (QED) is 0.564. The molecule has 0 spiro atoms. The lowest BCUT2D eigenvalue weighted by Crippen LogP contribution is -2.16. The van der Waals surface area contributed by atoms with Crippen molar-refractivity contribution in [1.29, 1.82) is 5.26 Å². The van der Waals surface area contributed by atoms with Gasteiger partial charge in [0.15, 0.2) is 5.75 Å². The molecule has 1 aromatic rings. The van der Waals surface area contributed by atoms with Crippen molar-refractivity contribution in [2.45, 2.75) is 0 Å². The van der Waals surface area contributed by atoms with Crippen LogP contribution in [-0.2, 0) is 0 Å². The van der Waals surface area contributed by atoms with E-state index in [1.54, 1.807) is 6.07 Å². The summed E-state index contributed by atoms with van der Waals surface area (Å²) < 4.78 is 10.4. The second-order valence-corrected chi connectivity index (χ2v) is 2.34. The number of rotatable bonds is 0. The maximum atomic E-state index is 8.55. The molecule has 0 saturated heterocycles. The Labute approximate surface area is 69.4 Å². The van der Waals surface area contributed by atoms with Gasteiger partial charge in [0.25, 0.3) is 5.88 Å². The Kier molecular flexibility index (Phi) is 1.56. The molecule has 12 heavy (non-hydrogen) atoms. The summed E-state index contributed by atoms with van der Waals surface area (Å²) in [6.45, 7) is 1.04. The first kappa shape index (κ1) is 6.92. The van der Waals surface area contributed by atoms with Gasteiger partial charge < -0.3 is 9.47 Å². The zero-order valence-electron chi connectivity index (χ0n) is 6.28. The van der Waals surface area contributed by atoms with E-state index in [0.717, 1.165) is 0 Å². The zero-order valence-corrected chi connectivity index (χ0v) is 6.28. The predicted octanol–water partition coefficient (Wildman–Crippen LogP) is 0.724. The van der Waals surface area contributed by atoms with Gasteiger partial charge in [0, 0.05) is 12.3 Å². The molecule has 4 heteroatoms. The Bertz CT molecular complexity index is 343. The average Bonchev–Trinajstić information content (AvgIpc) is 2.17. The summed E-state index contributed by atoms with van der Waals surface area (Å²) in [4.78, 5) is 3.92. The number of nitrogens with zero attached hydrogens (tertiary/aromatic N) is 2. The summed E-state index contributed by atoms with van der Waals surface area (Å²) in [5.74, 6) is 1.03. The molecular formula is C8H6N2O2. The minimum Gasteiger partial charge on any atom is -0.484 e. The second-order valence-electron chi connectivity index (χ2n) is 2.34. The molecule has 0 amide bonds. The van der Waals surface area contributed by atoms with Crippen LogP contribution in [0.2, 0.25) is 0 Å². The molecule has 4 nitrogen and oxygen atoms in total. The Balaban J connectivity index is 2.44. The third-order valence-corrected chi connectivity index (χ3v) is 1.53. The molecule has 0 saturated carbocycles. The summed E-state index contributed by atoms with van der Waals surface area (Å²) in [6.07, 6.45) is 1.47. The first-order chi connectivity index (χ1) is 5.90. The van der Waals surface area contributed by atoms with E-state index < -0.39 is 0 Å². The van der Waals surface area contributed by atoms with E-state index in [-0.39, 0.29) is 0 Å². The van der Waals surface area contributed by atoms with Crippen LogP contribution in [0.4, 0.5) is 0 Å². The number of hydrogen-bond acceptors (Lipinski definition) is 4. The Morgan fingerprint density at radius 2 is 2.25 bits per heavy atom. The van der Waals surface area contributed by atoms with Crippen molar-refractivity contribution in [1.82, 2.24) is 4.98 Å². The molecule has 0 aromatic carbocycles. The fourth-order valence-corrected chi connectivity index (χ4v) is 0.995. The third kappa shape index (κ3) is 1.05. The van der Waals surface area contributed by atoms with Crippen LogP contribution >= 0.6 is 0 Å². The molecule has 0 unspecified atom stereocenters. The highest BCUT2D eigenvalue weighted by Gasteiger charge is 2.12. The standard InChI is InChI=1S/C8H6N2O2/c9-4-6-3-7-8(10-5-6)12-2-1-11-7/h3,5H,1-2H2.